The summed E-state index contributed by atoms with van der Waals surface area (Å²) in [6, 6.07) is 9.64. The summed E-state index contributed by atoms with van der Waals surface area (Å²) in [5.41, 5.74) is 2.34. The molecule has 1 aliphatic heterocycles. The number of imidazole rings is 1. The van der Waals surface area contributed by atoms with E-state index in [1.54, 1.807) is 24.4 Å². The minimum absolute atomic E-state index is 0.00415. The first-order valence-electron chi connectivity index (χ1n) is 11.8. The maximum atomic E-state index is 15.3. The summed E-state index contributed by atoms with van der Waals surface area (Å²) in [6.45, 7) is 7.12. The molecule has 3 atom stereocenters. The minimum Gasteiger partial charge on any atom is -0.465 e. The number of nitrogens with one attached hydrogen (secondary N) is 1. The van der Waals surface area contributed by atoms with E-state index in [1.807, 2.05) is 6.07 Å². The van der Waals surface area contributed by atoms with E-state index >= 15 is 8.78 Å². The topological polar surface area (TPSA) is 69.2 Å². The fraction of sp³-hybridized carbons (Fsp3) is 0.407. The van der Waals surface area contributed by atoms with Gasteiger partial charge in [-0.25, -0.2) is 9.78 Å². The number of carboxylic acid groups (broad SMARTS) is 1. The van der Waals surface area contributed by atoms with Gasteiger partial charge in [-0.05, 0) is 58.9 Å². The Morgan fingerprint density at radius 2 is 1.83 bits per heavy atom. The highest BCUT2D eigenvalue weighted by Crippen LogP contribution is 2.68. The van der Waals surface area contributed by atoms with Crippen molar-refractivity contribution in [3.05, 3.63) is 64.0 Å². The molecule has 8 heteroatoms. The molecular formula is C27H26BrF2N3O2. The van der Waals surface area contributed by atoms with Crippen LogP contribution in [0.4, 0.5) is 13.6 Å². The molecule has 2 heterocycles. The summed E-state index contributed by atoms with van der Waals surface area (Å²) in [6.07, 6.45) is 2.40. The van der Waals surface area contributed by atoms with Crippen molar-refractivity contribution in [1.29, 1.82) is 0 Å². The van der Waals surface area contributed by atoms with Crippen molar-refractivity contribution >= 4 is 22.0 Å². The number of hydrogen-bond donors (Lipinski definition) is 2. The SMILES string of the molecule is CC(C)(C)[C@@H]1CC12CC(c1ncc(-c3ccc4c(c3)C(F)(F)c3cc(Br)ccc3-4)[nH]1)N(C(=O)O)C2. The summed E-state index contributed by atoms with van der Waals surface area (Å²) in [4.78, 5) is 21.3. The Balaban J connectivity index is 1.32. The fourth-order valence-corrected chi connectivity index (χ4v) is 6.80. The zero-order chi connectivity index (χ0) is 24.9. The van der Waals surface area contributed by atoms with Gasteiger partial charge >= 0.3 is 6.09 Å². The lowest BCUT2D eigenvalue weighted by Gasteiger charge is -2.22. The molecule has 1 spiro atoms. The third-order valence-electron chi connectivity index (χ3n) is 8.13. The Hall–Kier alpha value is -2.74. The number of likely N-dealkylation sites (tertiary alicyclic amines) is 1. The second-order valence-electron chi connectivity index (χ2n) is 11.3. The third-order valence-corrected chi connectivity index (χ3v) is 8.63. The van der Waals surface area contributed by atoms with E-state index in [-0.39, 0.29) is 28.0 Å². The van der Waals surface area contributed by atoms with Crippen LogP contribution >= 0.6 is 15.9 Å². The maximum Gasteiger partial charge on any atom is 0.407 e. The number of H-pyrrole nitrogens is 1. The first kappa shape index (κ1) is 22.7. The highest BCUT2D eigenvalue weighted by atomic mass is 79.9. The van der Waals surface area contributed by atoms with Crippen LogP contribution in [0.25, 0.3) is 22.4 Å². The molecule has 182 valence electrons. The van der Waals surface area contributed by atoms with Gasteiger partial charge < -0.3 is 10.1 Å². The van der Waals surface area contributed by atoms with Gasteiger partial charge in [0.25, 0.3) is 5.92 Å². The summed E-state index contributed by atoms with van der Waals surface area (Å²) >= 11 is 3.30. The van der Waals surface area contributed by atoms with Crippen molar-refractivity contribution in [3.8, 4) is 22.4 Å². The highest BCUT2D eigenvalue weighted by Gasteiger charge is 2.64. The van der Waals surface area contributed by atoms with Crippen molar-refractivity contribution in [1.82, 2.24) is 14.9 Å². The van der Waals surface area contributed by atoms with Crippen LogP contribution in [0, 0.1) is 16.7 Å². The van der Waals surface area contributed by atoms with Crippen LogP contribution in [0.3, 0.4) is 0 Å². The van der Waals surface area contributed by atoms with Crippen molar-refractivity contribution in [2.75, 3.05) is 6.54 Å². The van der Waals surface area contributed by atoms with Crippen molar-refractivity contribution in [2.24, 2.45) is 16.7 Å². The molecule has 1 saturated carbocycles. The number of aromatic amines is 1. The van der Waals surface area contributed by atoms with E-state index in [9.17, 15) is 9.90 Å². The molecule has 2 aliphatic carbocycles. The molecule has 2 unspecified atom stereocenters. The standard InChI is InChI=1S/C27H26BrF2N3O2/c1-25(2,3)22-11-26(22)10-21(33(13-26)24(34)35)23-31-12-20(32-23)14-4-6-16-17-7-5-15(28)9-19(17)27(29,30)18(16)8-14/h4-9,12,21-22H,10-11,13H2,1-3H3,(H,31,32)(H,34,35)/t21?,22-,26?/m0/s1. The van der Waals surface area contributed by atoms with Crippen LogP contribution in [0.15, 0.2) is 47.1 Å². The predicted molar refractivity (Wildman–Crippen MR) is 132 cm³/mol. The van der Waals surface area contributed by atoms with Crippen LogP contribution in [-0.4, -0.2) is 32.6 Å². The van der Waals surface area contributed by atoms with Crippen LogP contribution in [0.1, 0.15) is 56.6 Å². The average molecular weight is 542 g/mol. The number of alkyl halides is 2. The molecule has 35 heavy (non-hydrogen) atoms. The summed E-state index contributed by atoms with van der Waals surface area (Å²) in [5.74, 6) is -2.06. The Morgan fingerprint density at radius 3 is 2.49 bits per heavy atom. The second-order valence-corrected chi connectivity index (χ2v) is 12.2. The Labute approximate surface area is 210 Å². The predicted octanol–water partition coefficient (Wildman–Crippen LogP) is 7.44. The fourth-order valence-electron chi connectivity index (χ4n) is 6.44. The van der Waals surface area contributed by atoms with E-state index in [1.165, 1.54) is 17.0 Å². The van der Waals surface area contributed by atoms with Gasteiger partial charge in [0.1, 0.15) is 5.82 Å². The number of carbonyl (C=O) groups is 1. The van der Waals surface area contributed by atoms with E-state index in [0.29, 0.717) is 45.1 Å². The first-order chi connectivity index (χ1) is 16.4. The van der Waals surface area contributed by atoms with E-state index in [0.717, 1.165) is 12.8 Å². The van der Waals surface area contributed by atoms with Gasteiger partial charge in [0, 0.05) is 27.7 Å². The van der Waals surface area contributed by atoms with Gasteiger partial charge in [0.05, 0.1) is 17.9 Å². The van der Waals surface area contributed by atoms with E-state index in [2.05, 4.69) is 46.7 Å². The quantitative estimate of drug-likeness (QED) is 0.354. The van der Waals surface area contributed by atoms with Crippen molar-refractivity contribution < 1.29 is 18.7 Å². The van der Waals surface area contributed by atoms with Gasteiger partial charge in [0.2, 0.25) is 0 Å². The molecule has 6 rings (SSSR count). The summed E-state index contributed by atoms with van der Waals surface area (Å²) in [7, 11) is 0. The molecule has 3 aromatic rings. The molecule has 2 N–H and O–H groups in total. The number of nitrogens with zero attached hydrogens (tertiary/aromatic N) is 2. The van der Waals surface area contributed by atoms with Crippen LogP contribution in [-0.2, 0) is 5.92 Å². The van der Waals surface area contributed by atoms with E-state index < -0.39 is 12.0 Å². The molecule has 5 nitrogen and oxygen atoms in total. The number of amides is 1. The minimum atomic E-state index is -3.10. The van der Waals surface area contributed by atoms with Gasteiger partial charge in [-0.15, -0.1) is 0 Å². The molecule has 1 amide bonds. The van der Waals surface area contributed by atoms with Crippen LogP contribution in [0.2, 0.25) is 0 Å². The van der Waals surface area contributed by atoms with E-state index in [4.69, 9.17) is 0 Å². The molecule has 1 saturated heterocycles. The Bertz CT molecular complexity index is 1380. The zero-order valence-electron chi connectivity index (χ0n) is 19.7. The molecule has 1 aromatic heterocycles. The third kappa shape index (κ3) is 3.36. The molecule has 0 bridgehead atoms. The smallest absolute Gasteiger partial charge is 0.407 e. The zero-order valence-corrected chi connectivity index (χ0v) is 21.3. The lowest BCUT2D eigenvalue weighted by molar-refractivity contribution is 0.0480. The molecule has 3 aliphatic rings. The van der Waals surface area contributed by atoms with Crippen molar-refractivity contribution in [2.45, 2.75) is 45.6 Å². The van der Waals surface area contributed by atoms with Gasteiger partial charge in [-0.2, -0.15) is 8.78 Å². The number of rotatable bonds is 2. The number of aromatic nitrogens is 2. The molecular weight excluding hydrogens is 516 g/mol. The molecule has 2 fully saturated rings. The number of halogens is 3. The lowest BCUT2D eigenvalue weighted by Crippen LogP contribution is -2.30. The van der Waals surface area contributed by atoms with Crippen LogP contribution < -0.4 is 0 Å². The highest BCUT2D eigenvalue weighted by molar-refractivity contribution is 9.10. The number of fused-ring (bicyclic) bond motifs is 3. The number of hydrogen-bond acceptors (Lipinski definition) is 2. The van der Waals surface area contributed by atoms with Gasteiger partial charge in [-0.1, -0.05) is 54.9 Å². The first-order valence-corrected chi connectivity index (χ1v) is 12.6. The molecule has 0 radical (unpaired) electrons. The Morgan fingerprint density at radius 1 is 1.14 bits per heavy atom. The maximum absolute atomic E-state index is 15.3. The van der Waals surface area contributed by atoms with Gasteiger partial charge in [0.15, 0.2) is 0 Å². The second kappa shape index (κ2) is 7.15. The Kier molecular flexibility index (Phi) is 4.64. The number of benzene rings is 2. The lowest BCUT2D eigenvalue weighted by atomic mass is 9.83. The normalized spacial score (nSPS) is 26.2. The average Bonchev–Trinajstić information content (AvgIpc) is 3.07. The summed E-state index contributed by atoms with van der Waals surface area (Å²) in [5, 5.41) is 9.88. The largest absolute Gasteiger partial charge is 0.465 e. The monoisotopic (exact) mass is 541 g/mol. The summed E-state index contributed by atoms with van der Waals surface area (Å²) < 4.78 is 31.2. The molecule has 2 aromatic carbocycles. The van der Waals surface area contributed by atoms with Gasteiger partial charge in [-0.3, -0.25) is 4.90 Å². The van der Waals surface area contributed by atoms with Crippen LogP contribution in [0.5, 0.6) is 0 Å². The van der Waals surface area contributed by atoms with Crippen molar-refractivity contribution in [3.63, 3.8) is 0 Å².